The number of anilines is 1. The summed E-state index contributed by atoms with van der Waals surface area (Å²) in [4.78, 5) is 16.3. The monoisotopic (exact) mass is 255 g/mol. The van der Waals surface area contributed by atoms with Crippen molar-refractivity contribution in [1.29, 1.82) is 0 Å². The first-order chi connectivity index (χ1) is 9.24. The van der Waals surface area contributed by atoms with Crippen LogP contribution >= 0.6 is 0 Å². The number of hydrogen-bond donors (Lipinski definition) is 2. The normalized spacial score (nSPS) is 22.6. The Bertz CT molecular complexity index is 606. The lowest BCUT2D eigenvalue weighted by Gasteiger charge is -2.12. The summed E-state index contributed by atoms with van der Waals surface area (Å²) in [5.41, 5.74) is 6.71. The van der Waals surface area contributed by atoms with Gasteiger partial charge in [0.2, 0.25) is 5.91 Å². The van der Waals surface area contributed by atoms with Crippen LogP contribution in [0.3, 0.4) is 0 Å². The molecule has 1 aliphatic rings. The van der Waals surface area contributed by atoms with Gasteiger partial charge >= 0.3 is 0 Å². The SMILES string of the molecule is N[C@H]1CC[C@@H](C(=O)Nc2cccc3cnccc23)C1. The van der Waals surface area contributed by atoms with Crippen molar-refractivity contribution in [2.45, 2.75) is 25.3 Å². The minimum absolute atomic E-state index is 0.0482. The molecule has 3 rings (SSSR count). The summed E-state index contributed by atoms with van der Waals surface area (Å²) in [6.07, 6.45) is 6.16. The molecule has 1 fully saturated rings. The molecule has 2 aromatic rings. The Labute approximate surface area is 112 Å². The molecule has 0 unspecified atom stereocenters. The molecular formula is C15H17N3O. The van der Waals surface area contributed by atoms with Gasteiger partial charge in [-0.15, -0.1) is 0 Å². The number of hydrogen-bond acceptors (Lipinski definition) is 3. The van der Waals surface area contributed by atoms with Gasteiger partial charge in [-0.2, -0.15) is 0 Å². The maximum atomic E-state index is 12.2. The number of benzene rings is 1. The molecule has 1 saturated carbocycles. The number of fused-ring (bicyclic) bond motifs is 1. The van der Waals surface area contributed by atoms with Crippen molar-refractivity contribution in [2.24, 2.45) is 11.7 Å². The van der Waals surface area contributed by atoms with Crippen LogP contribution in [0.25, 0.3) is 10.8 Å². The second-order valence-electron chi connectivity index (χ2n) is 5.16. The van der Waals surface area contributed by atoms with Gasteiger partial charge in [0.25, 0.3) is 0 Å². The van der Waals surface area contributed by atoms with Crippen LogP contribution in [0.1, 0.15) is 19.3 Å². The van der Waals surface area contributed by atoms with Gasteiger partial charge in [-0.3, -0.25) is 9.78 Å². The third-order valence-corrected chi connectivity index (χ3v) is 3.78. The number of carbonyl (C=O) groups is 1. The van der Waals surface area contributed by atoms with Crippen LogP contribution in [-0.4, -0.2) is 16.9 Å². The molecule has 1 heterocycles. The fraction of sp³-hybridized carbons (Fsp3) is 0.333. The summed E-state index contributed by atoms with van der Waals surface area (Å²) >= 11 is 0. The summed E-state index contributed by atoms with van der Waals surface area (Å²) < 4.78 is 0. The van der Waals surface area contributed by atoms with E-state index < -0.39 is 0 Å². The number of nitrogens with one attached hydrogen (secondary N) is 1. The van der Waals surface area contributed by atoms with Crippen LogP contribution in [0.4, 0.5) is 5.69 Å². The van der Waals surface area contributed by atoms with E-state index in [1.165, 1.54) is 0 Å². The standard InChI is InChI=1S/C15H17N3O/c16-12-5-4-10(8-12)15(19)18-14-3-1-2-11-9-17-7-6-13(11)14/h1-3,6-7,9-10,12H,4-5,8,16H2,(H,18,19)/t10-,12+/m1/s1. The molecule has 2 atom stereocenters. The third-order valence-electron chi connectivity index (χ3n) is 3.78. The Hall–Kier alpha value is -1.94. The Morgan fingerprint density at radius 2 is 2.21 bits per heavy atom. The van der Waals surface area contributed by atoms with Crippen molar-refractivity contribution in [3.8, 4) is 0 Å². The first kappa shape index (κ1) is 12.1. The number of rotatable bonds is 2. The lowest BCUT2D eigenvalue weighted by Crippen LogP contribution is -2.23. The maximum Gasteiger partial charge on any atom is 0.227 e. The Kier molecular flexibility index (Phi) is 3.17. The summed E-state index contributed by atoms with van der Waals surface area (Å²) in [5, 5.41) is 5.08. The largest absolute Gasteiger partial charge is 0.328 e. The highest BCUT2D eigenvalue weighted by Gasteiger charge is 2.27. The number of pyridine rings is 1. The summed E-state index contributed by atoms with van der Waals surface area (Å²) in [6.45, 7) is 0. The Morgan fingerprint density at radius 1 is 1.32 bits per heavy atom. The molecule has 0 radical (unpaired) electrons. The van der Waals surface area contributed by atoms with Gasteiger partial charge in [-0.05, 0) is 31.4 Å². The molecule has 1 aliphatic carbocycles. The Morgan fingerprint density at radius 3 is 3.00 bits per heavy atom. The van der Waals surface area contributed by atoms with Gasteiger partial charge in [-0.1, -0.05) is 12.1 Å². The molecule has 98 valence electrons. The topological polar surface area (TPSA) is 68.0 Å². The predicted molar refractivity (Wildman–Crippen MR) is 75.7 cm³/mol. The molecule has 0 aliphatic heterocycles. The fourth-order valence-electron chi connectivity index (χ4n) is 2.72. The van der Waals surface area contributed by atoms with Crippen LogP contribution in [0.15, 0.2) is 36.7 Å². The van der Waals surface area contributed by atoms with Crippen molar-refractivity contribution in [3.63, 3.8) is 0 Å². The molecule has 0 bridgehead atoms. The second kappa shape index (κ2) is 4.97. The lowest BCUT2D eigenvalue weighted by atomic mass is 10.1. The van der Waals surface area contributed by atoms with Gasteiger partial charge in [0, 0.05) is 40.8 Å². The van der Waals surface area contributed by atoms with Crippen molar-refractivity contribution in [2.75, 3.05) is 5.32 Å². The van der Waals surface area contributed by atoms with Gasteiger partial charge in [-0.25, -0.2) is 0 Å². The second-order valence-corrected chi connectivity index (χ2v) is 5.16. The number of nitrogens with two attached hydrogens (primary N) is 1. The van der Waals surface area contributed by atoms with E-state index in [-0.39, 0.29) is 17.9 Å². The van der Waals surface area contributed by atoms with Crippen molar-refractivity contribution >= 4 is 22.4 Å². The average Bonchev–Trinajstić information content (AvgIpc) is 2.86. The van der Waals surface area contributed by atoms with E-state index in [1.807, 2.05) is 24.3 Å². The smallest absolute Gasteiger partial charge is 0.227 e. The average molecular weight is 255 g/mol. The van der Waals surface area contributed by atoms with Crippen LogP contribution in [0.5, 0.6) is 0 Å². The van der Waals surface area contributed by atoms with Crippen LogP contribution < -0.4 is 11.1 Å². The van der Waals surface area contributed by atoms with Gasteiger partial charge in [0.1, 0.15) is 0 Å². The zero-order valence-corrected chi connectivity index (χ0v) is 10.7. The zero-order valence-electron chi connectivity index (χ0n) is 10.7. The molecule has 1 aromatic heterocycles. The Balaban J connectivity index is 1.83. The van der Waals surface area contributed by atoms with Gasteiger partial charge < -0.3 is 11.1 Å². The summed E-state index contributed by atoms with van der Waals surface area (Å²) in [7, 11) is 0. The van der Waals surface area contributed by atoms with Crippen molar-refractivity contribution < 1.29 is 4.79 Å². The van der Waals surface area contributed by atoms with Crippen LogP contribution in [0, 0.1) is 5.92 Å². The molecule has 3 N–H and O–H groups in total. The van der Waals surface area contributed by atoms with E-state index in [9.17, 15) is 4.79 Å². The fourth-order valence-corrected chi connectivity index (χ4v) is 2.72. The molecule has 1 aromatic carbocycles. The predicted octanol–water partition coefficient (Wildman–Crippen LogP) is 2.30. The molecular weight excluding hydrogens is 238 g/mol. The summed E-state index contributed by atoms with van der Waals surface area (Å²) in [5.74, 6) is 0.129. The van der Waals surface area contributed by atoms with Crippen LogP contribution in [0.2, 0.25) is 0 Å². The third kappa shape index (κ3) is 2.44. The number of amides is 1. The van der Waals surface area contributed by atoms with E-state index in [0.29, 0.717) is 0 Å². The van der Waals surface area contributed by atoms with Crippen molar-refractivity contribution in [1.82, 2.24) is 4.98 Å². The number of carbonyl (C=O) groups excluding carboxylic acids is 1. The highest BCUT2D eigenvalue weighted by molar-refractivity contribution is 6.02. The first-order valence-electron chi connectivity index (χ1n) is 6.63. The summed E-state index contributed by atoms with van der Waals surface area (Å²) in [6, 6.07) is 7.94. The first-order valence-corrected chi connectivity index (χ1v) is 6.63. The van der Waals surface area contributed by atoms with E-state index in [1.54, 1.807) is 12.4 Å². The molecule has 19 heavy (non-hydrogen) atoms. The van der Waals surface area contributed by atoms with E-state index in [2.05, 4.69) is 10.3 Å². The quantitative estimate of drug-likeness (QED) is 0.865. The van der Waals surface area contributed by atoms with E-state index >= 15 is 0 Å². The van der Waals surface area contributed by atoms with E-state index in [0.717, 1.165) is 35.7 Å². The van der Waals surface area contributed by atoms with Gasteiger partial charge in [0.05, 0.1) is 0 Å². The molecule has 4 heteroatoms. The lowest BCUT2D eigenvalue weighted by molar-refractivity contribution is -0.119. The molecule has 0 spiro atoms. The van der Waals surface area contributed by atoms with Gasteiger partial charge in [0.15, 0.2) is 0 Å². The van der Waals surface area contributed by atoms with Crippen LogP contribution in [-0.2, 0) is 4.79 Å². The zero-order chi connectivity index (χ0) is 13.2. The highest BCUT2D eigenvalue weighted by atomic mass is 16.1. The number of nitrogens with zero attached hydrogens (tertiary/aromatic N) is 1. The molecule has 1 amide bonds. The maximum absolute atomic E-state index is 12.2. The molecule has 4 nitrogen and oxygen atoms in total. The van der Waals surface area contributed by atoms with Crippen molar-refractivity contribution in [3.05, 3.63) is 36.7 Å². The molecule has 0 saturated heterocycles. The highest BCUT2D eigenvalue weighted by Crippen LogP contribution is 2.27. The number of aromatic nitrogens is 1. The minimum atomic E-state index is 0.0482. The minimum Gasteiger partial charge on any atom is -0.328 e. The van der Waals surface area contributed by atoms with E-state index in [4.69, 9.17) is 5.73 Å².